The molecule has 0 unspecified atom stereocenters. The average molecular weight is 375 g/mol. The largest absolute Gasteiger partial charge is 0.398 e. The summed E-state index contributed by atoms with van der Waals surface area (Å²) in [6, 6.07) is 3.09. The highest BCUT2D eigenvalue weighted by atomic mass is 35.5. The molecule has 2 aromatic rings. The number of nitrogens with zero attached hydrogens (tertiary/aromatic N) is 2. The molecule has 5 nitrogen and oxygen atoms in total. The van der Waals surface area contributed by atoms with Crippen molar-refractivity contribution in [2.24, 2.45) is 5.92 Å². The summed E-state index contributed by atoms with van der Waals surface area (Å²) in [7, 11) is 3.11. The van der Waals surface area contributed by atoms with E-state index in [9.17, 15) is 4.79 Å². The summed E-state index contributed by atoms with van der Waals surface area (Å²) in [6.45, 7) is 2.98. The van der Waals surface area contributed by atoms with Gasteiger partial charge in [0.1, 0.15) is 11.6 Å². The van der Waals surface area contributed by atoms with Gasteiger partial charge < -0.3 is 16.0 Å². The molecular formula is C19H20ClFN4O. The predicted octanol–water partition coefficient (Wildman–Crippen LogP) is 3.53. The second-order valence-electron chi connectivity index (χ2n) is 7.42. The first-order chi connectivity index (χ1) is 12.3. The predicted molar refractivity (Wildman–Crippen MR) is 101 cm³/mol. The first kappa shape index (κ1) is 17.1. The Morgan fingerprint density at radius 3 is 2.73 bits per heavy atom. The minimum Gasteiger partial charge on any atom is -0.398 e. The number of hydrogen-bond donors (Lipinski definition) is 2. The van der Waals surface area contributed by atoms with Crippen molar-refractivity contribution in [1.29, 1.82) is 0 Å². The number of nitrogen functional groups attached to an aromatic ring is 1. The van der Waals surface area contributed by atoms with E-state index in [1.54, 1.807) is 26.4 Å². The highest BCUT2D eigenvalue weighted by molar-refractivity contribution is 6.34. The van der Waals surface area contributed by atoms with E-state index >= 15 is 4.39 Å². The molecule has 2 heterocycles. The molecule has 1 fully saturated rings. The molecule has 1 spiro atoms. The van der Waals surface area contributed by atoms with E-state index in [0.29, 0.717) is 16.5 Å². The molecule has 1 aliphatic carbocycles. The molecule has 0 saturated heterocycles. The van der Waals surface area contributed by atoms with Crippen LogP contribution in [0, 0.1) is 11.7 Å². The third-order valence-electron chi connectivity index (χ3n) is 5.62. The number of rotatable bonds is 2. The van der Waals surface area contributed by atoms with E-state index in [4.69, 9.17) is 17.3 Å². The number of anilines is 2. The van der Waals surface area contributed by atoms with Gasteiger partial charge in [-0.15, -0.1) is 0 Å². The van der Waals surface area contributed by atoms with Gasteiger partial charge in [0, 0.05) is 54.6 Å². The first-order valence-electron chi connectivity index (χ1n) is 8.50. The number of nitrogens with one attached hydrogen (secondary N) is 1. The fourth-order valence-electron chi connectivity index (χ4n) is 3.92. The lowest BCUT2D eigenvalue weighted by Crippen LogP contribution is -2.24. The van der Waals surface area contributed by atoms with Crippen molar-refractivity contribution in [2.45, 2.75) is 18.8 Å². The van der Waals surface area contributed by atoms with Crippen LogP contribution in [0.1, 0.15) is 29.3 Å². The Kier molecular flexibility index (Phi) is 3.67. The Morgan fingerprint density at radius 1 is 1.42 bits per heavy atom. The number of hydrogen-bond acceptors (Lipinski definition) is 4. The third-order valence-corrected chi connectivity index (χ3v) is 6.02. The smallest absolute Gasteiger partial charge is 0.258 e. The number of halogens is 2. The molecule has 2 aliphatic rings. The molecular weight excluding hydrogens is 355 g/mol. The molecule has 1 saturated carbocycles. The fourth-order valence-corrected chi connectivity index (χ4v) is 4.35. The summed E-state index contributed by atoms with van der Waals surface area (Å²) in [5, 5.41) is 3.80. The summed E-state index contributed by atoms with van der Waals surface area (Å²) in [5.41, 5.74) is 7.49. The number of carbonyl (C=O) groups excluding carboxylic acids is 1. The van der Waals surface area contributed by atoms with Crippen molar-refractivity contribution in [3.05, 3.63) is 40.3 Å². The average Bonchev–Trinajstić information content (AvgIpc) is 3.07. The Morgan fingerprint density at radius 2 is 2.12 bits per heavy atom. The van der Waals surface area contributed by atoms with Crippen molar-refractivity contribution >= 4 is 29.0 Å². The lowest BCUT2D eigenvalue weighted by atomic mass is 9.93. The molecule has 26 heavy (non-hydrogen) atoms. The number of carbonyl (C=O) groups is 1. The van der Waals surface area contributed by atoms with E-state index in [1.807, 2.05) is 0 Å². The monoisotopic (exact) mass is 374 g/mol. The summed E-state index contributed by atoms with van der Waals surface area (Å²) in [5.74, 6) is 0.119. The summed E-state index contributed by atoms with van der Waals surface area (Å²) in [4.78, 5) is 18.1. The van der Waals surface area contributed by atoms with Gasteiger partial charge >= 0.3 is 0 Å². The van der Waals surface area contributed by atoms with Crippen molar-refractivity contribution in [3.63, 3.8) is 0 Å². The molecule has 136 valence electrons. The van der Waals surface area contributed by atoms with Crippen LogP contribution in [0.5, 0.6) is 0 Å². The van der Waals surface area contributed by atoms with E-state index in [-0.39, 0.29) is 22.2 Å². The quantitative estimate of drug-likeness (QED) is 0.789. The Bertz CT molecular complexity index is 946. The molecule has 2 atom stereocenters. The number of pyridine rings is 1. The summed E-state index contributed by atoms with van der Waals surface area (Å²) >= 11 is 6.71. The maximum absolute atomic E-state index is 15.2. The maximum Gasteiger partial charge on any atom is 0.258 e. The molecule has 0 bridgehead atoms. The van der Waals surface area contributed by atoms with E-state index in [1.165, 1.54) is 11.0 Å². The van der Waals surface area contributed by atoms with Crippen LogP contribution in [-0.2, 0) is 5.41 Å². The van der Waals surface area contributed by atoms with Gasteiger partial charge in [-0.1, -0.05) is 18.5 Å². The van der Waals surface area contributed by atoms with Crippen molar-refractivity contribution in [2.75, 3.05) is 31.7 Å². The lowest BCUT2D eigenvalue weighted by Gasteiger charge is -2.17. The van der Waals surface area contributed by atoms with E-state index < -0.39 is 11.7 Å². The molecule has 1 aliphatic heterocycles. The van der Waals surface area contributed by atoms with Crippen LogP contribution >= 0.6 is 11.6 Å². The van der Waals surface area contributed by atoms with Gasteiger partial charge in [0.25, 0.3) is 5.91 Å². The second kappa shape index (κ2) is 5.58. The van der Waals surface area contributed by atoms with Crippen LogP contribution in [0.15, 0.2) is 18.3 Å². The van der Waals surface area contributed by atoms with Crippen LogP contribution in [0.4, 0.5) is 15.9 Å². The summed E-state index contributed by atoms with van der Waals surface area (Å²) < 4.78 is 15.2. The fraction of sp³-hybridized carbons (Fsp3) is 0.368. The van der Waals surface area contributed by atoms with Gasteiger partial charge in [0.2, 0.25) is 0 Å². The SMILES string of the molecule is C[C@@H]1C[C@@]12CNc1ncc(-c3ccc(N)c(C(=O)N(C)C)c3F)c(Cl)c12. The van der Waals surface area contributed by atoms with E-state index in [0.717, 1.165) is 24.3 Å². The van der Waals surface area contributed by atoms with Gasteiger partial charge in [0.15, 0.2) is 0 Å². The topological polar surface area (TPSA) is 71.2 Å². The Hall–Kier alpha value is -2.34. The number of nitrogens with two attached hydrogens (primary N) is 1. The van der Waals surface area contributed by atoms with Gasteiger partial charge in [-0.05, 0) is 24.5 Å². The van der Waals surface area contributed by atoms with Crippen LogP contribution in [0.25, 0.3) is 11.1 Å². The molecule has 1 amide bonds. The maximum atomic E-state index is 15.2. The van der Waals surface area contributed by atoms with Crippen molar-refractivity contribution in [3.8, 4) is 11.1 Å². The van der Waals surface area contributed by atoms with Crippen LogP contribution in [0.2, 0.25) is 5.02 Å². The van der Waals surface area contributed by atoms with E-state index in [2.05, 4.69) is 17.2 Å². The molecule has 4 rings (SSSR count). The zero-order valence-corrected chi connectivity index (χ0v) is 15.6. The number of amides is 1. The van der Waals surface area contributed by atoms with Crippen LogP contribution in [-0.4, -0.2) is 36.4 Å². The number of aromatic nitrogens is 1. The standard InChI is InChI=1S/C19H20ClFN4O/c1-9-6-19(9)8-24-17-14(19)15(20)11(7-23-17)10-4-5-12(22)13(16(10)21)18(26)25(2)3/h4-5,7,9H,6,8,22H2,1-3H3,(H,23,24)/t9-,19-/m1/s1. The summed E-state index contributed by atoms with van der Waals surface area (Å²) in [6.07, 6.45) is 2.59. The minimum atomic E-state index is -0.670. The lowest BCUT2D eigenvalue weighted by molar-refractivity contribution is 0.0824. The molecule has 1 aromatic carbocycles. The third kappa shape index (κ3) is 2.21. The first-order valence-corrected chi connectivity index (χ1v) is 8.88. The molecule has 0 radical (unpaired) electrons. The second-order valence-corrected chi connectivity index (χ2v) is 7.79. The zero-order chi connectivity index (χ0) is 18.8. The molecule has 1 aromatic heterocycles. The molecule has 3 N–H and O–H groups in total. The Labute approximate surface area is 156 Å². The van der Waals surface area contributed by atoms with Gasteiger partial charge in [-0.2, -0.15) is 0 Å². The zero-order valence-electron chi connectivity index (χ0n) is 14.9. The van der Waals surface area contributed by atoms with Gasteiger partial charge in [-0.25, -0.2) is 9.37 Å². The highest BCUT2D eigenvalue weighted by Crippen LogP contribution is 2.61. The van der Waals surface area contributed by atoms with Gasteiger partial charge in [-0.3, -0.25) is 4.79 Å². The Balaban J connectivity index is 1.90. The normalized spacial score (nSPS) is 22.9. The highest BCUT2D eigenvalue weighted by Gasteiger charge is 2.57. The van der Waals surface area contributed by atoms with Crippen LogP contribution in [0.3, 0.4) is 0 Å². The number of benzene rings is 1. The van der Waals surface area contributed by atoms with Crippen LogP contribution < -0.4 is 11.1 Å². The van der Waals surface area contributed by atoms with Crippen molar-refractivity contribution < 1.29 is 9.18 Å². The number of fused-ring (bicyclic) bond motifs is 2. The minimum absolute atomic E-state index is 0.0119. The van der Waals surface area contributed by atoms with Gasteiger partial charge in [0.05, 0.1) is 10.6 Å². The van der Waals surface area contributed by atoms with Crippen molar-refractivity contribution in [1.82, 2.24) is 9.88 Å². The molecule has 7 heteroatoms.